The van der Waals surface area contributed by atoms with E-state index < -0.39 is 0 Å². The van der Waals surface area contributed by atoms with E-state index in [1.807, 2.05) is 0 Å². The second-order valence-electron chi connectivity index (χ2n) is 5.42. The minimum absolute atomic E-state index is 0.186. The lowest BCUT2D eigenvalue weighted by atomic mass is 10.2. The molecule has 0 radical (unpaired) electrons. The van der Waals surface area contributed by atoms with Gasteiger partial charge in [0, 0.05) is 35.0 Å². The molecule has 1 aliphatic heterocycles. The van der Waals surface area contributed by atoms with Gasteiger partial charge in [0.1, 0.15) is 17.8 Å². The van der Waals surface area contributed by atoms with Crippen LogP contribution in [0, 0.1) is 0 Å². The number of benzene rings is 1. The van der Waals surface area contributed by atoms with Crippen LogP contribution in [0.2, 0.25) is 10.0 Å². The third-order valence-corrected chi connectivity index (χ3v) is 3.99. The quantitative estimate of drug-likeness (QED) is 0.844. The molecule has 1 aromatic heterocycles. The summed E-state index contributed by atoms with van der Waals surface area (Å²) in [4.78, 5) is 20.4. The van der Waals surface area contributed by atoms with E-state index in [1.165, 1.54) is 6.33 Å². The topological polar surface area (TPSA) is 76.1 Å². The minimum atomic E-state index is -0.365. The fourth-order valence-electron chi connectivity index (χ4n) is 2.42. The van der Waals surface area contributed by atoms with Crippen molar-refractivity contribution in [3.8, 4) is 0 Å². The second kappa shape index (κ2) is 7.79. The number of nitrogens with zero attached hydrogens (tertiary/aromatic N) is 2. The summed E-state index contributed by atoms with van der Waals surface area (Å²) in [5.74, 6) is 0.214. The Balaban J connectivity index is 1.64. The number of rotatable bonds is 5. The standard InChI is InChI=1S/C16H16Cl2N4O2/c17-10-4-11(18)6-12(5-10)22-16(23)14-7-15(21-9-20-14)19-8-13-2-1-3-24-13/h4-7,9,13H,1-3,8H2,(H,22,23)(H,19,20,21). The fraction of sp³-hybridized carbons (Fsp3) is 0.312. The van der Waals surface area contributed by atoms with Crippen molar-refractivity contribution >= 4 is 40.6 Å². The van der Waals surface area contributed by atoms with E-state index in [-0.39, 0.29) is 17.7 Å². The molecule has 0 spiro atoms. The number of amides is 1. The van der Waals surface area contributed by atoms with Gasteiger partial charge in [0.25, 0.3) is 5.91 Å². The van der Waals surface area contributed by atoms with Crippen LogP contribution in [0.1, 0.15) is 23.3 Å². The van der Waals surface area contributed by atoms with Crippen LogP contribution < -0.4 is 10.6 Å². The highest BCUT2D eigenvalue weighted by Gasteiger charge is 2.16. The Kier molecular flexibility index (Phi) is 5.50. The normalized spacial score (nSPS) is 16.8. The van der Waals surface area contributed by atoms with Crippen LogP contribution in [0.4, 0.5) is 11.5 Å². The van der Waals surface area contributed by atoms with Gasteiger partial charge in [0.2, 0.25) is 0 Å². The average molecular weight is 367 g/mol. The third kappa shape index (κ3) is 4.56. The van der Waals surface area contributed by atoms with Gasteiger partial charge in [-0.3, -0.25) is 4.79 Å². The van der Waals surface area contributed by atoms with Crippen molar-refractivity contribution in [3.63, 3.8) is 0 Å². The molecule has 1 saturated heterocycles. The smallest absolute Gasteiger partial charge is 0.274 e. The lowest BCUT2D eigenvalue weighted by molar-refractivity contribution is 0.102. The molecule has 0 aliphatic carbocycles. The first-order valence-corrected chi connectivity index (χ1v) is 8.31. The van der Waals surface area contributed by atoms with Gasteiger partial charge < -0.3 is 15.4 Å². The Morgan fingerprint density at radius 3 is 2.71 bits per heavy atom. The van der Waals surface area contributed by atoms with E-state index >= 15 is 0 Å². The van der Waals surface area contributed by atoms with Crippen molar-refractivity contribution in [1.29, 1.82) is 0 Å². The highest BCUT2D eigenvalue weighted by Crippen LogP contribution is 2.23. The predicted octanol–water partition coefficient (Wildman–Crippen LogP) is 3.63. The molecule has 0 saturated carbocycles. The molecule has 1 aliphatic rings. The first kappa shape index (κ1) is 17.0. The summed E-state index contributed by atoms with van der Waals surface area (Å²) in [7, 11) is 0. The number of carbonyl (C=O) groups excluding carboxylic acids is 1. The molecule has 2 aromatic rings. The largest absolute Gasteiger partial charge is 0.376 e. The van der Waals surface area contributed by atoms with Gasteiger partial charge in [-0.25, -0.2) is 9.97 Å². The SMILES string of the molecule is O=C(Nc1cc(Cl)cc(Cl)c1)c1cc(NCC2CCCO2)ncn1. The van der Waals surface area contributed by atoms with E-state index in [0.29, 0.717) is 28.1 Å². The van der Waals surface area contributed by atoms with E-state index in [1.54, 1.807) is 24.3 Å². The van der Waals surface area contributed by atoms with Crippen molar-refractivity contribution in [1.82, 2.24) is 9.97 Å². The summed E-state index contributed by atoms with van der Waals surface area (Å²) in [5, 5.41) is 6.77. The number of anilines is 2. The molecule has 8 heteroatoms. The maximum Gasteiger partial charge on any atom is 0.274 e. The molecule has 6 nitrogen and oxygen atoms in total. The summed E-state index contributed by atoms with van der Waals surface area (Å²) in [6.45, 7) is 1.45. The van der Waals surface area contributed by atoms with Gasteiger partial charge >= 0.3 is 0 Å². The maximum atomic E-state index is 12.3. The molecule has 1 atom stereocenters. The van der Waals surface area contributed by atoms with Crippen LogP contribution in [0.25, 0.3) is 0 Å². The summed E-state index contributed by atoms with van der Waals surface area (Å²) < 4.78 is 5.54. The van der Waals surface area contributed by atoms with Crippen molar-refractivity contribution in [2.75, 3.05) is 23.8 Å². The molecule has 1 unspecified atom stereocenters. The highest BCUT2D eigenvalue weighted by atomic mass is 35.5. The average Bonchev–Trinajstić information content (AvgIpc) is 3.05. The number of ether oxygens (including phenoxy) is 1. The van der Waals surface area contributed by atoms with E-state index in [9.17, 15) is 4.79 Å². The summed E-state index contributed by atoms with van der Waals surface area (Å²) in [5.41, 5.74) is 0.751. The fourth-order valence-corrected chi connectivity index (χ4v) is 2.95. The van der Waals surface area contributed by atoms with Crippen LogP contribution in [0.5, 0.6) is 0 Å². The number of hydrogen-bond donors (Lipinski definition) is 2. The molecule has 2 heterocycles. The van der Waals surface area contributed by atoms with Crippen LogP contribution in [0.3, 0.4) is 0 Å². The second-order valence-corrected chi connectivity index (χ2v) is 6.29. The number of halogens is 2. The van der Waals surface area contributed by atoms with Crippen LogP contribution in [0.15, 0.2) is 30.6 Å². The Morgan fingerprint density at radius 2 is 2.00 bits per heavy atom. The van der Waals surface area contributed by atoms with Crippen molar-refractivity contribution in [3.05, 3.63) is 46.3 Å². The summed E-state index contributed by atoms with van der Waals surface area (Å²) in [6.07, 6.45) is 3.64. The third-order valence-electron chi connectivity index (χ3n) is 3.55. The highest BCUT2D eigenvalue weighted by molar-refractivity contribution is 6.35. The zero-order chi connectivity index (χ0) is 16.9. The molecule has 3 rings (SSSR count). The van der Waals surface area contributed by atoms with Gasteiger partial charge in [-0.05, 0) is 31.0 Å². The molecule has 1 aromatic carbocycles. The van der Waals surface area contributed by atoms with Gasteiger partial charge in [-0.2, -0.15) is 0 Å². The molecular weight excluding hydrogens is 351 g/mol. The van der Waals surface area contributed by atoms with Crippen molar-refractivity contribution in [2.45, 2.75) is 18.9 Å². The van der Waals surface area contributed by atoms with Crippen LogP contribution in [-0.4, -0.2) is 35.1 Å². The van der Waals surface area contributed by atoms with Crippen LogP contribution in [-0.2, 0) is 4.74 Å². The lowest BCUT2D eigenvalue weighted by Crippen LogP contribution is -2.20. The summed E-state index contributed by atoms with van der Waals surface area (Å²) in [6, 6.07) is 6.42. The monoisotopic (exact) mass is 366 g/mol. The predicted molar refractivity (Wildman–Crippen MR) is 93.9 cm³/mol. The van der Waals surface area contributed by atoms with E-state index in [2.05, 4.69) is 20.6 Å². The molecule has 24 heavy (non-hydrogen) atoms. The maximum absolute atomic E-state index is 12.3. The van der Waals surface area contributed by atoms with Crippen molar-refractivity contribution in [2.24, 2.45) is 0 Å². The van der Waals surface area contributed by atoms with Crippen LogP contribution >= 0.6 is 23.2 Å². The Labute approximate surface area is 149 Å². The first-order valence-electron chi connectivity index (χ1n) is 7.55. The molecule has 126 valence electrons. The Bertz CT molecular complexity index is 716. The Hall–Kier alpha value is -1.89. The minimum Gasteiger partial charge on any atom is -0.376 e. The number of aromatic nitrogens is 2. The zero-order valence-corrected chi connectivity index (χ0v) is 14.3. The van der Waals surface area contributed by atoms with Gasteiger partial charge in [0.05, 0.1) is 6.10 Å². The van der Waals surface area contributed by atoms with Crippen molar-refractivity contribution < 1.29 is 9.53 Å². The lowest BCUT2D eigenvalue weighted by Gasteiger charge is -2.11. The van der Waals surface area contributed by atoms with Gasteiger partial charge in [0.15, 0.2) is 0 Å². The Morgan fingerprint density at radius 1 is 1.21 bits per heavy atom. The van der Waals surface area contributed by atoms with Gasteiger partial charge in [-0.1, -0.05) is 23.2 Å². The summed E-state index contributed by atoms with van der Waals surface area (Å²) >= 11 is 11.9. The number of hydrogen-bond acceptors (Lipinski definition) is 5. The molecule has 1 amide bonds. The zero-order valence-electron chi connectivity index (χ0n) is 12.8. The molecule has 2 N–H and O–H groups in total. The number of carbonyl (C=O) groups is 1. The van der Waals surface area contributed by atoms with E-state index in [4.69, 9.17) is 27.9 Å². The molecule has 0 bridgehead atoms. The molecular formula is C16H16Cl2N4O2. The molecule has 1 fully saturated rings. The first-order chi connectivity index (χ1) is 11.6. The van der Waals surface area contributed by atoms with E-state index in [0.717, 1.165) is 19.4 Å². The number of nitrogens with one attached hydrogen (secondary N) is 2. The van der Waals surface area contributed by atoms with Gasteiger partial charge in [-0.15, -0.1) is 0 Å².